The number of hydrogen-bond acceptors (Lipinski definition) is 6. The van der Waals surface area contributed by atoms with Crippen LogP contribution in [0.4, 0.5) is 4.39 Å². The van der Waals surface area contributed by atoms with Gasteiger partial charge in [0.05, 0.1) is 28.0 Å². The molecule has 0 bridgehead atoms. The van der Waals surface area contributed by atoms with Crippen LogP contribution in [0.5, 0.6) is 0 Å². The standard InChI is InChI=1S/C28H22ClFN8O2/c29-22-8-10-23(37-15-31-34-35-37)25(26(22)30)19-11-18-5-9-24(27(18)38(40)14-19)36-13-20(12-32-36)16-1-3-17(4-2-16)28(39)33-21-6-7-21/h1-4,8,10-15,21,24H,5-7,9H2,(H,33,39). The Labute approximate surface area is 232 Å². The van der Waals surface area contributed by atoms with Gasteiger partial charge < -0.3 is 10.5 Å². The Kier molecular flexibility index (Phi) is 5.81. The molecule has 1 saturated carbocycles. The van der Waals surface area contributed by atoms with E-state index < -0.39 is 5.82 Å². The van der Waals surface area contributed by atoms with Crippen LogP contribution >= 0.6 is 11.6 Å². The summed E-state index contributed by atoms with van der Waals surface area (Å²) in [7, 11) is 0. The van der Waals surface area contributed by atoms with Gasteiger partial charge in [-0.3, -0.25) is 9.48 Å². The molecule has 0 spiro atoms. The van der Waals surface area contributed by atoms with Crippen LogP contribution in [0.3, 0.4) is 0 Å². The van der Waals surface area contributed by atoms with Gasteiger partial charge in [0.1, 0.15) is 12.4 Å². The maximum Gasteiger partial charge on any atom is 0.251 e. The number of hydrogen-bond donors (Lipinski definition) is 1. The number of benzene rings is 2. The molecule has 0 radical (unpaired) electrons. The summed E-state index contributed by atoms with van der Waals surface area (Å²) in [5.74, 6) is -0.716. The van der Waals surface area contributed by atoms with Crippen molar-refractivity contribution in [1.82, 2.24) is 35.3 Å². The molecule has 3 heterocycles. The molecular formula is C28H22ClFN8O2. The van der Waals surface area contributed by atoms with Crippen molar-refractivity contribution in [2.45, 2.75) is 37.8 Å². The van der Waals surface area contributed by atoms with E-state index in [1.54, 1.807) is 29.1 Å². The lowest BCUT2D eigenvalue weighted by Crippen LogP contribution is -2.34. The predicted octanol–water partition coefficient (Wildman–Crippen LogP) is 4.05. The van der Waals surface area contributed by atoms with E-state index in [0.29, 0.717) is 41.4 Å². The Morgan fingerprint density at radius 1 is 1.10 bits per heavy atom. The Morgan fingerprint density at radius 3 is 2.67 bits per heavy atom. The highest BCUT2D eigenvalue weighted by Gasteiger charge is 2.34. The summed E-state index contributed by atoms with van der Waals surface area (Å²) in [6, 6.07) is 12.3. The molecule has 0 saturated heterocycles. The van der Waals surface area contributed by atoms with Crippen molar-refractivity contribution < 1.29 is 13.9 Å². The molecule has 0 aliphatic heterocycles. The monoisotopic (exact) mass is 556 g/mol. The molecule has 1 fully saturated rings. The molecule has 1 amide bonds. The normalized spacial score (nSPS) is 16.2. The zero-order valence-corrected chi connectivity index (χ0v) is 21.8. The third kappa shape index (κ3) is 4.28. The first-order chi connectivity index (χ1) is 19.5. The van der Waals surface area contributed by atoms with Crippen LogP contribution in [0.15, 0.2) is 67.4 Å². The van der Waals surface area contributed by atoms with Gasteiger partial charge in [0.15, 0.2) is 12.0 Å². The number of aromatic nitrogens is 7. The highest BCUT2D eigenvalue weighted by Crippen LogP contribution is 2.38. The zero-order chi connectivity index (χ0) is 27.4. The lowest BCUT2D eigenvalue weighted by atomic mass is 10.0. The van der Waals surface area contributed by atoms with Crippen LogP contribution in [-0.4, -0.2) is 41.9 Å². The largest absolute Gasteiger partial charge is 0.618 e. The third-order valence-electron chi connectivity index (χ3n) is 7.43. The molecule has 1 unspecified atom stereocenters. The van der Waals surface area contributed by atoms with E-state index in [9.17, 15) is 10.0 Å². The number of carbonyl (C=O) groups excluding carboxylic acids is 1. The van der Waals surface area contributed by atoms with Crippen molar-refractivity contribution in [2.24, 2.45) is 0 Å². The first kappa shape index (κ1) is 24.4. The SMILES string of the molecule is O=C(NC1CC1)c1ccc(-c2cnn(C3CCc4cc(-c5c(-n6cnnn6)ccc(Cl)c5F)c[n+]([O-])c43)c2)cc1. The minimum absolute atomic E-state index is 0.0607. The Balaban J connectivity index is 1.19. The second-order valence-electron chi connectivity index (χ2n) is 10.1. The Bertz CT molecular complexity index is 1750. The van der Waals surface area contributed by atoms with Gasteiger partial charge in [0.25, 0.3) is 5.91 Å². The number of halogens is 2. The van der Waals surface area contributed by atoms with E-state index in [2.05, 4.69) is 25.9 Å². The first-order valence-corrected chi connectivity index (χ1v) is 13.3. The van der Waals surface area contributed by atoms with Gasteiger partial charge in [-0.25, -0.2) is 4.39 Å². The average Bonchev–Trinajstić information content (AvgIpc) is 3.35. The number of fused-ring (bicyclic) bond motifs is 1. The van der Waals surface area contributed by atoms with Crippen molar-refractivity contribution >= 4 is 17.5 Å². The molecule has 40 heavy (non-hydrogen) atoms. The predicted molar refractivity (Wildman–Crippen MR) is 143 cm³/mol. The number of pyridine rings is 1. The quantitative estimate of drug-likeness (QED) is 0.249. The molecule has 2 aliphatic carbocycles. The van der Waals surface area contributed by atoms with Crippen molar-refractivity contribution in [3.05, 3.63) is 100 Å². The highest BCUT2D eigenvalue weighted by atomic mass is 35.5. The summed E-state index contributed by atoms with van der Waals surface area (Å²) in [5.41, 5.74) is 4.69. The van der Waals surface area contributed by atoms with E-state index in [0.717, 1.165) is 34.3 Å². The molecule has 200 valence electrons. The minimum Gasteiger partial charge on any atom is -0.618 e. The van der Waals surface area contributed by atoms with Crippen molar-refractivity contribution in [3.63, 3.8) is 0 Å². The number of aryl methyl sites for hydroxylation is 1. The number of tetrazole rings is 1. The minimum atomic E-state index is -0.656. The number of nitrogens with one attached hydrogen (secondary N) is 1. The number of carbonyl (C=O) groups is 1. The zero-order valence-electron chi connectivity index (χ0n) is 21.0. The number of nitrogens with zero attached hydrogens (tertiary/aromatic N) is 7. The van der Waals surface area contributed by atoms with Crippen LogP contribution in [-0.2, 0) is 6.42 Å². The summed E-state index contributed by atoms with van der Waals surface area (Å²) in [6.07, 6.45) is 9.73. The van der Waals surface area contributed by atoms with Gasteiger partial charge in [-0.1, -0.05) is 23.7 Å². The second kappa shape index (κ2) is 9.53. The fourth-order valence-corrected chi connectivity index (χ4v) is 5.42. The van der Waals surface area contributed by atoms with E-state index in [4.69, 9.17) is 11.6 Å². The van der Waals surface area contributed by atoms with E-state index >= 15 is 4.39 Å². The van der Waals surface area contributed by atoms with E-state index in [1.807, 2.05) is 24.4 Å². The van der Waals surface area contributed by atoms with Gasteiger partial charge in [0, 0.05) is 28.9 Å². The van der Waals surface area contributed by atoms with Crippen LogP contribution in [0, 0.1) is 11.0 Å². The average molecular weight is 557 g/mol. The number of rotatable bonds is 6. The molecular weight excluding hydrogens is 535 g/mol. The van der Waals surface area contributed by atoms with Crippen LogP contribution in [0.25, 0.3) is 27.9 Å². The summed E-state index contributed by atoms with van der Waals surface area (Å²) in [5, 5.41) is 32.0. The maximum absolute atomic E-state index is 15.3. The first-order valence-electron chi connectivity index (χ1n) is 12.9. The van der Waals surface area contributed by atoms with Crippen LogP contribution in [0.2, 0.25) is 5.02 Å². The lowest BCUT2D eigenvalue weighted by molar-refractivity contribution is -0.615. The van der Waals surface area contributed by atoms with Crippen molar-refractivity contribution in [2.75, 3.05) is 0 Å². The van der Waals surface area contributed by atoms with E-state index in [-0.39, 0.29) is 22.5 Å². The summed E-state index contributed by atoms with van der Waals surface area (Å²) in [4.78, 5) is 12.3. The molecule has 5 aromatic rings. The topological polar surface area (TPSA) is 117 Å². The fourth-order valence-electron chi connectivity index (χ4n) is 5.27. The summed E-state index contributed by atoms with van der Waals surface area (Å²) in [6.45, 7) is 0. The molecule has 10 nitrogen and oxygen atoms in total. The number of amides is 1. The summed E-state index contributed by atoms with van der Waals surface area (Å²) < 4.78 is 19.2. The van der Waals surface area contributed by atoms with Gasteiger partial charge in [-0.05, 0) is 72.0 Å². The van der Waals surface area contributed by atoms with Gasteiger partial charge in [-0.15, -0.1) is 5.10 Å². The molecule has 1 atom stereocenters. The molecule has 2 aromatic carbocycles. The Morgan fingerprint density at radius 2 is 1.93 bits per heavy atom. The van der Waals surface area contributed by atoms with Gasteiger partial charge >= 0.3 is 0 Å². The van der Waals surface area contributed by atoms with Gasteiger partial charge in [0.2, 0.25) is 5.69 Å². The lowest BCUT2D eigenvalue weighted by Gasteiger charge is -2.15. The molecule has 3 aromatic heterocycles. The van der Waals surface area contributed by atoms with Crippen molar-refractivity contribution in [1.29, 1.82) is 0 Å². The second-order valence-corrected chi connectivity index (χ2v) is 10.5. The summed E-state index contributed by atoms with van der Waals surface area (Å²) >= 11 is 6.10. The van der Waals surface area contributed by atoms with Crippen molar-refractivity contribution in [3.8, 4) is 27.9 Å². The molecule has 7 rings (SSSR count). The molecule has 2 aliphatic rings. The molecule has 1 N–H and O–H groups in total. The molecule has 12 heteroatoms. The van der Waals surface area contributed by atoms with Gasteiger partial charge in [-0.2, -0.15) is 14.5 Å². The highest BCUT2D eigenvalue weighted by molar-refractivity contribution is 6.31. The third-order valence-corrected chi connectivity index (χ3v) is 7.72. The maximum atomic E-state index is 15.3. The van der Waals surface area contributed by atoms with E-state index in [1.165, 1.54) is 23.3 Å². The van der Waals surface area contributed by atoms with Crippen LogP contribution < -0.4 is 10.0 Å². The smallest absolute Gasteiger partial charge is 0.251 e. The van der Waals surface area contributed by atoms with Crippen LogP contribution in [0.1, 0.15) is 46.9 Å². The fraction of sp³-hybridized carbons (Fsp3) is 0.214. The Hall–Kier alpha value is -4.64.